The molecule has 1 aromatic carbocycles. The van der Waals surface area contributed by atoms with Crippen LogP contribution in [-0.4, -0.2) is 16.9 Å². The first-order valence-corrected chi connectivity index (χ1v) is 5.40. The molecule has 1 aromatic heterocycles. The van der Waals surface area contributed by atoms with Crippen LogP contribution in [0.15, 0.2) is 28.9 Å². The van der Waals surface area contributed by atoms with E-state index >= 15 is 0 Å². The van der Waals surface area contributed by atoms with Gasteiger partial charge in [-0.2, -0.15) is 0 Å². The van der Waals surface area contributed by atoms with Gasteiger partial charge in [0.15, 0.2) is 5.78 Å². The minimum Gasteiger partial charge on any atom is -0.351 e. The third-order valence-electron chi connectivity index (χ3n) is 2.46. The lowest BCUT2D eigenvalue weighted by molar-refractivity contribution is 0.100. The fourth-order valence-corrected chi connectivity index (χ4v) is 2.17. The van der Waals surface area contributed by atoms with Gasteiger partial charge in [-0.25, -0.2) is 0 Å². The van der Waals surface area contributed by atoms with E-state index < -0.39 is 0 Å². The van der Waals surface area contributed by atoms with Crippen molar-refractivity contribution < 1.29 is 4.79 Å². The summed E-state index contributed by atoms with van der Waals surface area (Å²) in [4.78, 5) is 11.5. The molecule has 0 radical (unpaired) electrons. The van der Waals surface area contributed by atoms with E-state index in [1.54, 1.807) is 0 Å². The Balaban J connectivity index is 2.68. The zero-order chi connectivity index (χ0) is 11.0. The van der Waals surface area contributed by atoms with Crippen molar-refractivity contribution >= 4 is 32.6 Å². The number of benzene rings is 1. The molecule has 0 spiro atoms. The van der Waals surface area contributed by atoms with Crippen molar-refractivity contribution in [3.8, 4) is 0 Å². The van der Waals surface area contributed by atoms with Gasteiger partial charge in [0.1, 0.15) is 0 Å². The number of aromatic nitrogens is 1. The van der Waals surface area contributed by atoms with E-state index in [9.17, 15) is 4.79 Å². The molecule has 0 unspecified atom stereocenters. The van der Waals surface area contributed by atoms with Gasteiger partial charge >= 0.3 is 0 Å². The van der Waals surface area contributed by atoms with Crippen LogP contribution < -0.4 is 5.73 Å². The molecule has 2 rings (SSSR count). The minimum absolute atomic E-state index is 0.0386. The topological polar surface area (TPSA) is 48.0 Å². The van der Waals surface area contributed by atoms with E-state index in [1.807, 2.05) is 36.0 Å². The molecule has 0 amide bonds. The van der Waals surface area contributed by atoms with Crippen molar-refractivity contribution in [1.29, 1.82) is 0 Å². The number of Topliss-reactive ketones (excluding diaryl/α,β-unsaturated/α-hetero) is 1. The van der Waals surface area contributed by atoms with Crippen LogP contribution >= 0.6 is 15.9 Å². The summed E-state index contributed by atoms with van der Waals surface area (Å²) in [6, 6.07) is 5.79. The summed E-state index contributed by atoms with van der Waals surface area (Å²) < 4.78 is 2.81. The summed E-state index contributed by atoms with van der Waals surface area (Å²) >= 11 is 3.39. The molecule has 15 heavy (non-hydrogen) atoms. The first kappa shape index (κ1) is 10.4. The number of carbonyl (C=O) groups excluding carboxylic acids is 1. The fourth-order valence-electron chi connectivity index (χ4n) is 1.61. The summed E-state index contributed by atoms with van der Waals surface area (Å²) in [5.41, 5.74) is 7.09. The number of rotatable bonds is 2. The maximum atomic E-state index is 11.5. The van der Waals surface area contributed by atoms with Crippen molar-refractivity contribution in [1.82, 2.24) is 4.57 Å². The van der Waals surface area contributed by atoms with Gasteiger partial charge in [-0.3, -0.25) is 4.79 Å². The van der Waals surface area contributed by atoms with E-state index in [2.05, 4.69) is 15.9 Å². The molecular formula is C11H11BrN2O. The largest absolute Gasteiger partial charge is 0.351 e. The van der Waals surface area contributed by atoms with Crippen LogP contribution in [0.25, 0.3) is 10.9 Å². The first-order chi connectivity index (χ1) is 7.13. The molecule has 0 saturated heterocycles. The number of nitrogens with two attached hydrogens (primary N) is 1. The minimum atomic E-state index is -0.0485. The average Bonchev–Trinajstić information content (AvgIpc) is 2.58. The number of hydrogen-bond donors (Lipinski definition) is 1. The molecule has 78 valence electrons. The van der Waals surface area contributed by atoms with Crippen LogP contribution in [-0.2, 0) is 7.05 Å². The molecule has 0 bridgehead atoms. The lowest BCUT2D eigenvalue weighted by atomic mass is 10.1. The molecule has 0 atom stereocenters. The van der Waals surface area contributed by atoms with Crippen LogP contribution in [0, 0.1) is 0 Å². The fraction of sp³-hybridized carbons (Fsp3) is 0.182. The predicted octanol–water partition coefficient (Wildman–Crippen LogP) is 2.08. The Kier molecular flexibility index (Phi) is 2.63. The van der Waals surface area contributed by atoms with Crippen molar-refractivity contribution in [2.45, 2.75) is 0 Å². The predicted molar refractivity (Wildman–Crippen MR) is 64.0 cm³/mol. The smallest absolute Gasteiger partial charge is 0.177 e. The van der Waals surface area contributed by atoms with E-state index in [-0.39, 0.29) is 12.3 Å². The molecule has 0 aliphatic rings. The average molecular weight is 267 g/mol. The van der Waals surface area contributed by atoms with Gasteiger partial charge in [0.25, 0.3) is 0 Å². The summed E-state index contributed by atoms with van der Waals surface area (Å²) in [6.45, 7) is 0.0386. The second kappa shape index (κ2) is 3.79. The number of aryl methyl sites for hydroxylation is 1. The highest BCUT2D eigenvalue weighted by molar-refractivity contribution is 9.10. The van der Waals surface area contributed by atoms with E-state index in [1.165, 1.54) is 0 Å². The zero-order valence-electron chi connectivity index (χ0n) is 8.33. The van der Waals surface area contributed by atoms with E-state index in [0.29, 0.717) is 5.56 Å². The van der Waals surface area contributed by atoms with Gasteiger partial charge < -0.3 is 10.3 Å². The van der Waals surface area contributed by atoms with Crippen LogP contribution in [0.2, 0.25) is 0 Å². The van der Waals surface area contributed by atoms with E-state index in [0.717, 1.165) is 15.4 Å². The van der Waals surface area contributed by atoms with Crippen molar-refractivity contribution in [2.24, 2.45) is 12.8 Å². The van der Waals surface area contributed by atoms with Gasteiger partial charge in [0.2, 0.25) is 0 Å². The molecular weight excluding hydrogens is 256 g/mol. The number of ketones is 1. The van der Waals surface area contributed by atoms with Crippen molar-refractivity contribution in [2.75, 3.05) is 6.54 Å². The van der Waals surface area contributed by atoms with E-state index in [4.69, 9.17) is 5.73 Å². The monoisotopic (exact) mass is 266 g/mol. The lowest BCUT2D eigenvalue weighted by Gasteiger charge is -2.03. The Morgan fingerprint density at radius 1 is 1.53 bits per heavy atom. The summed E-state index contributed by atoms with van der Waals surface area (Å²) in [6.07, 6.45) is 1.97. The third kappa shape index (κ3) is 1.70. The highest BCUT2D eigenvalue weighted by atomic mass is 79.9. The maximum Gasteiger partial charge on any atom is 0.177 e. The molecule has 2 aromatic rings. The summed E-state index contributed by atoms with van der Waals surface area (Å²) in [5.74, 6) is -0.0485. The van der Waals surface area contributed by atoms with Gasteiger partial charge in [-0.15, -0.1) is 0 Å². The second-order valence-electron chi connectivity index (χ2n) is 3.44. The highest BCUT2D eigenvalue weighted by Crippen LogP contribution is 2.25. The maximum absolute atomic E-state index is 11.5. The molecule has 4 heteroatoms. The Morgan fingerprint density at radius 2 is 2.27 bits per heavy atom. The Hall–Kier alpha value is -1.13. The van der Waals surface area contributed by atoms with Gasteiger partial charge in [0.05, 0.1) is 6.54 Å². The normalized spacial score (nSPS) is 10.9. The SMILES string of the molecule is Cn1ccc2cc(C(=O)CN)c(Br)cc21. The molecule has 1 heterocycles. The zero-order valence-corrected chi connectivity index (χ0v) is 9.91. The second-order valence-corrected chi connectivity index (χ2v) is 4.30. The Morgan fingerprint density at radius 3 is 2.93 bits per heavy atom. The van der Waals surface area contributed by atoms with Gasteiger partial charge in [0, 0.05) is 34.2 Å². The first-order valence-electron chi connectivity index (χ1n) is 4.61. The molecule has 0 saturated carbocycles. The number of hydrogen-bond acceptors (Lipinski definition) is 2. The summed E-state index contributed by atoms with van der Waals surface area (Å²) in [7, 11) is 1.97. The number of fused-ring (bicyclic) bond motifs is 1. The molecule has 0 fully saturated rings. The highest BCUT2D eigenvalue weighted by Gasteiger charge is 2.10. The van der Waals surface area contributed by atoms with Crippen LogP contribution in [0.4, 0.5) is 0 Å². The number of carbonyl (C=O) groups is 1. The Bertz CT molecular complexity index is 531. The molecule has 2 N–H and O–H groups in total. The lowest BCUT2D eigenvalue weighted by Crippen LogP contribution is -2.14. The van der Waals surface area contributed by atoms with Gasteiger partial charge in [-0.1, -0.05) is 0 Å². The molecule has 0 aliphatic heterocycles. The van der Waals surface area contributed by atoms with Crippen molar-refractivity contribution in [3.05, 3.63) is 34.4 Å². The van der Waals surface area contributed by atoms with Gasteiger partial charge in [-0.05, 0) is 34.1 Å². The van der Waals surface area contributed by atoms with Crippen LogP contribution in [0.5, 0.6) is 0 Å². The number of nitrogens with zero attached hydrogens (tertiary/aromatic N) is 1. The standard InChI is InChI=1S/C11H11BrN2O/c1-14-3-2-7-4-8(11(15)6-13)9(12)5-10(7)14/h2-5H,6,13H2,1H3. The van der Waals surface area contributed by atoms with Crippen LogP contribution in [0.3, 0.4) is 0 Å². The summed E-state index contributed by atoms with van der Waals surface area (Å²) in [5, 5.41) is 1.05. The number of halogens is 1. The quantitative estimate of drug-likeness (QED) is 0.847. The Labute approximate surface area is 96.0 Å². The van der Waals surface area contributed by atoms with Crippen LogP contribution in [0.1, 0.15) is 10.4 Å². The van der Waals surface area contributed by atoms with Crippen molar-refractivity contribution in [3.63, 3.8) is 0 Å². The molecule has 0 aliphatic carbocycles. The third-order valence-corrected chi connectivity index (χ3v) is 3.12. The molecule has 3 nitrogen and oxygen atoms in total.